The fourth-order valence-corrected chi connectivity index (χ4v) is 2.97. The van der Waals surface area contributed by atoms with Gasteiger partial charge in [0.05, 0.1) is 6.54 Å². The summed E-state index contributed by atoms with van der Waals surface area (Å²) in [6.07, 6.45) is 3.04. The van der Waals surface area contributed by atoms with Crippen LogP contribution in [-0.2, 0) is 9.59 Å². The second kappa shape index (κ2) is 8.26. The SMILES string of the molecule is O=C(N[C@@H]1C[C@@H](C(=O)O)N(C(=O)CNc2ccncn2)C1)c1ccccc1. The van der Waals surface area contributed by atoms with Crippen molar-refractivity contribution in [1.29, 1.82) is 0 Å². The molecule has 27 heavy (non-hydrogen) atoms. The topological polar surface area (TPSA) is 125 Å². The maximum absolute atomic E-state index is 12.5. The third-order valence-corrected chi connectivity index (χ3v) is 4.28. The van der Waals surface area contributed by atoms with Crippen LogP contribution in [0.4, 0.5) is 5.82 Å². The summed E-state index contributed by atoms with van der Waals surface area (Å²) in [5.41, 5.74) is 0.486. The van der Waals surface area contributed by atoms with Crippen molar-refractivity contribution < 1.29 is 19.5 Å². The normalized spacial score (nSPS) is 18.7. The van der Waals surface area contributed by atoms with E-state index in [-0.39, 0.29) is 31.3 Å². The van der Waals surface area contributed by atoms with Gasteiger partial charge in [-0.1, -0.05) is 18.2 Å². The Balaban J connectivity index is 1.61. The summed E-state index contributed by atoms with van der Waals surface area (Å²) < 4.78 is 0. The summed E-state index contributed by atoms with van der Waals surface area (Å²) in [5, 5.41) is 15.1. The Bertz CT molecular complexity index is 815. The minimum absolute atomic E-state index is 0.0971. The highest BCUT2D eigenvalue weighted by Gasteiger charge is 2.40. The molecule has 3 N–H and O–H groups in total. The van der Waals surface area contributed by atoms with Gasteiger partial charge in [-0.3, -0.25) is 9.59 Å². The van der Waals surface area contributed by atoms with Gasteiger partial charge >= 0.3 is 5.97 Å². The van der Waals surface area contributed by atoms with Crippen molar-refractivity contribution >= 4 is 23.6 Å². The molecule has 0 radical (unpaired) electrons. The van der Waals surface area contributed by atoms with Crippen molar-refractivity contribution in [2.24, 2.45) is 0 Å². The molecule has 3 rings (SSSR count). The first-order valence-electron chi connectivity index (χ1n) is 8.42. The predicted octanol–water partition coefficient (Wildman–Crippen LogP) is 0.373. The number of likely N-dealkylation sites (tertiary alicyclic amines) is 1. The first-order chi connectivity index (χ1) is 13.0. The number of aromatic nitrogens is 2. The molecule has 9 heteroatoms. The fourth-order valence-electron chi connectivity index (χ4n) is 2.97. The zero-order valence-electron chi connectivity index (χ0n) is 14.4. The molecule has 0 spiro atoms. The molecule has 1 aromatic heterocycles. The first kappa shape index (κ1) is 18.3. The summed E-state index contributed by atoms with van der Waals surface area (Å²) in [6.45, 7) is 0.0416. The lowest BCUT2D eigenvalue weighted by Crippen LogP contribution is -2.44. The maximum Gasteiger partial charge on any atom is 0.326 e. The lowest BCUT2D eigenvalue weighted by Gasteiger charge is -2.21. The van der Waals surface area contributed by atoms with Gasteiger partial charge in [-0.25, -0.2) is 14.8 Å². The summed E-state index contributed by atoms with van der Waals surface area (Å²) >= 11 is 0. The van der Waals surface area contributed by atoms with Gasteiger partial charge in [0.15, 0.2) is 0 Å². The monoisotopic (exact) mass is 369 g/mol. The van der Waals surface area contributed by atoms with Crippen LogP contribution >= 0.6 is 0 Å². The van der Waals surface area contributed by atoms with Crippen molar-refractivity contribution in [1.82, 2.24) is 20.2 Å². The quantitative estimate of drug-likeness (QED) is 0.672. The van der Waals surface area contributed by atoms with Crippen LogP contribution < -0.4 is 10.6 Å². The molecule has 9 nitrogen and oxygen atoms in total. The number of rotatable bonds is 6. The Kier molecular flexibility index (Phi) is 5.60. The number of amides is 2. The molecule has 140 valence electrons. The van der Waals surface area contributed by atoms with Gasteiger partial charge in [-0.05, 0) is 18.2 Å². The van der Waals surface area contributed by atoms with Crippen molar-refractivity contribution in [2.45, 2.75) is 18.5 Å². The van der Waals surface area contributed by atoms with E-state index < -0.39 is 18.1 Å². The van der Waals surface area contributed by atoms with Gasteiger partial charge in [0.25, 0.3) is 5.91 Å². The number of aliphatic carboxylic acids is 1. The van der Waals surface area contributed by atoms with Crippen LogP contribution in [0.2, 0.25) is 0 Å². The number of hydrogen-bond acceptors (Lipinski definition) is 6. The molecule has 1 fully saturated rings. The van der Waals surface area contributed by atoms with E-state index in [0.29, 0.717) is 11.4 Å². The molecular weight excluding hydrogens is 350 g/mol. The first-order valence-corrected chi connectivity index (χ1v) is 8.42. The third kappa shape index (κ3) is 4.57. The number of nitrogens with one attached hydrogen (secondary N) is 2. The zero-order valence-corrected chi connectivity index (χ0v) is 14.4. The average molecular weight is 369 g/mol. The van der Waals surface area contributed by atoms with E-state index in [0.717, 1.165) is 0 Å². The number of carboxylic acid groups (broad SMARTS) is 1. The molecule has 0 unspecified atom stereocenters. The molecule has 1 aromatic carbocycles. The standard InChI is InChI=1S/C18H19N5O4/c24-16(9-20-15-6-7-19-11-21-15)23-10-13(8-14(23)18(26)27)22-17(25)12-4-2-1-3-5-12/h1-7,11,13-14H,8-10H2,(H,22,25)(H,26,27)(H,19,20,21)/t13-,14+/m1/s1. The van der Waals surface area contributed by atoms with Crippen molar-refractivity contribution in [3.05, 3.63) is 54.5 Å². The minimum Gasteiger partial charge on any atom is -0.480 e. The smallest absolute Gasteiger partial charge is 0.326 e. The molecule has 0 saturated carbocycles. The van der Waals surface area contributed by atoms with Crippen LogP contribution in [0.5, 0.6) is 0 Å². The van der Waals surface area contributed by atoms with E-state index in [9.17, 15) is 19.5 Å². The molecule has 1 saturated heterocycles. The van der Waals surface area contributed by atoms with E-state index in [2.05, 4.69) is 20.6 Å². The Morgan fingerprint density at radius 1 is 1.19 bits per heavy atom. The van der Waals surface area contributed by atoms with Crippen molar-refractivity contribution in [3.8, 4) is 0 Å². The number of carbonyl (C=O) groups excluding carboxylic acids is 2. The van der Waals surface area contributed by atoms with Crippen molar-refractivity contribution in [2.75, 3.05) is 18.4 Å². The average Bonchev–Trinajstić information content (AvgIpc) is 3.12. The number of carboxylic acids is 1. The highest BCUT2D eigenvalue weighted by atomic mass is 16.4. The molecule has 2 aromatic rings. The Labute approximate surface area is 155 Å². The summed E-state index contributed by atoms with van der Waals surface area (Å²) in [4.78, 5) is 45.3. The van der Waals surface area contributed by atoms with E-state index in [1.807, 2.05) is 0 Å². The minimum atomic E-state index is -1.10. The second-order valence-corrected chi connectivity index (χ2v) is 6.12. The summed E-state index contributed by atoms with van der Waals surface area (Å²) in [5.74, 6) is -1.30. The Hall–Kier alpha value is -3.49. The van der Waals surface area contributed by atoms with Crippen molar-refractivity contribution in [3.63, 3.8) is 0 Å². The van der Waals surface area contributed by atoms with Crippen LogP contribution in [0.1, 0.15) is 16.8 Å². The van der Waals surface area contributed by atoms with E-state index in [1.54, 1.807) is 36.4 Å². The number of hydrogen-bond donors (Lipinski definition) is 3. The molecule has 1 aliphatic heterocycles. The van der Waals surface area contributed by atoms with E-state index in [4.69, 9.17) is 0 Å². The molecule has 1 aliphatic rings. The van der Waals surface area contributed by atoms with E-state index >= 15 is 0 Å². The van der Waals surface area contributed by atoms with Crippen LogP contribution in [0.15, 0.2) is 48.9 Å². The van der Waals surface area contributed by atoms with Gasteiger partial charge in [-0.15, -0.1) is 0 Å². The lowest BCUT2D eigenvalue weighted by atomic mass is 10.1. The third-order valence-electron chi connectivity index (χ3n) is 4.28. The number of benzene rings is 1. The maximum atomic E-state index is 12.5. The zero-order chi connectivity index (χ0) is 19.2. The van der Waals surface area contributed by atoms with Gasteiger partial charge < -0.3 is 20.6 Å². The Morgan fingerprint density at radius 2 is 1.96 bits per heavy atom. The van der Waals surface area contributed by atoms with Crippen LogP contribution in [0.25, 0.3) is 0 Å². The molecule has 0 aliphatic carbocycles. The summed E-state index contributed by atoms with van der Waals surface area (Å²) in [7, 11) is 0. The van der Waals surface area contributed by atoms with Gasteiger partial charge in [0, 0.05) is 30.8 Å². The molecule has 2 heterocycles. The number of anilines is 1. The highest BCUT2D eigenvalue weighted by molar-refractivity contribution is 5.94. The second-order valence-electron chi connectivity index (χ2n) is 6.12. The van der Waals surface area contributed by atoms with Gasteiger partial charge in [0.1, 0.15) is 18.2 Å². The highest BCUT2D eigenvalue weighted by Crippen LogP contribution is 2.19. The molecule has 2 amide bonds. The molecule has 2 atom stereocenters. The largest absolute Gasteiger partial charge is 0.480 e. The van der Waals surface area contributed by atoms with Gasteiger partial charge in [0.2, 0.25) is 5.91 Å². The van der Waals surface area contributed by atoms with Crippen LogP contribution in [-0.4, -0.2) is 62.9 Å². The van der Waals surface area contributed by atoms with Crippen LogP contribution in [0.3, 0.4) is 0 Å². The summed E-state index contributed by atoms with van der Waals surface area (Å²) in [6, 6.07) is 8.84. The van der Waals surface area contributed by atoms with Crippen LogP contribution in [0, 0.1) is 0 Å². The number of nitrogens with zero attached hydrogens (tertiary/aromatic N) is 3. The Morgan fingerprint density at radius 3 is 2.63 bits per heavy atom. The lowest BCUT2D eigenvalue weighted by molar-refractivity contribution is -0.147. The fraction of sp³-hybridized carbons (Fsp3) is 0.278. The molecular formula is C18H19N5O4. The number of carbonyl (C=O) groups is 3. The molecule has 0 bridgehead atoms. The van der Waals surface area contributed by atoms with E-state index in [1.165, 1.54) is 17.4 Å². The predicted molar refractivity (Wildman–Crippen MR) is 96.0 cm³/mol. The van der Waals surface area contributed by atoms with Gasteiger partial charge in [-0.2, -0.15) is 0 Å².